The summed E-state index contributed by atoms with van der Waals surface area (Å²) in [4.78, 5) is -0.602. The van der Waals surface area contributed by atoms with Crippen LogP contribution in [0.1, 0.15) is 0 Å². The van der Waals surface area contributed by atoms with Crippen LogP contribution in [0.2, 0.25) is 39.3 Å². The molecule has 0 saturated carbocycles. The molecule has 2 unspecified atom stereocenters. The van der Waals surface area contributed by atoms with E-state index in [2.05, 4.69) is 0 Å². The molecule has 0 radical (unpaired) electrons. The second-order valence-electron chi connectivity index (χ2n) is 10.5. The molecule has 0 spiro atoms. The van der Waals surface area contributed by atoms with Gasteiger partial charge in [0.2, 0.25) is 0 Å². The van der Waals surface area contributed by atoms with E-state index in [0.717, 1.165) is 0 Å². The average molecular weight is 576 g/mol. The van der Waals surface area contributed by atoms with Gasteiger partial charge in [-0.25, -0.2) is 21.2 Å². The molecule has 1 heterocycles. The van der Waals surface area contributed by atoms with Gasteiger partial charge in [-0.05, 0) is 63.5 Å². The van der Waals surface area contributed by atoms with Crippen molar-refractivity contribution < 1.29 is 34.8 Å². The maximum absolute atomic E-state index is 16.2. The van der Waals surface area contributed by atoms with Gasteiger partial charge in [0.05, 0.1) is 16.4 Å². The van der Waals surface area contributed by atoms with E-state index in [1.807, 2.05) is 39.3 Å². The number of benzene rings is 2. The summed E-state index contributed by atoms with van der Waals surface area (Å²) in [5.74, 6) is 0. The van der Waals surface area contributed by atoms with Crippen LogP contribution in [-0.2, 0) is 33.6 Å². The molecule has 0 bridgehead atoms. The van der Waals surface area contributed by atoms with Gasteiger partial charge in [0, 0.05) is 0 Å². The molecule has 1 aliphatic heterocycles. The molecule has 1 saturated heterocycles. The molecule has 8 nitrogen and oxygen atoms in total. The highest BCUT2D eigenvalue weighted by atomic mass is 32.3. The van der Waals surface area contributed by atoms with Crippen molar-refractivity contribution in [2.75, 3.05) is 6.61 Å². The smallest absolute Gasteiger partial charge is 0.258 e. The van der Waals surface area contributed by atoms with Crippen molar-refractivity contribution in [1.29, 1.82) is 0 Å². The summed E-state index contributed by atoms with van der Waals surface area (Å²) in [6.07, 6.45) is -6.25. The molecule has 1 fully saturated rings. The fourth-order valence-electron chi connectivity index (χ4n) is 3.68. The number of nitrogens with zero attached hydrogens (tertiary/aromatic N) is 1. The fraction of sp³-hybridized carbons (Fsp3) is 0.478. The van der Waals surface area contributed by atoms with Gasteiger partial charge in [-0.3, -0.25) is 0 Å². The van der Waals surface area contributed by atoms with E-state index in [-0.39, 0.29) is 20.1 Å². The Bertz CT molecular complexity index is 1170. The zero-order valence-corrected chi connectivity index (χ0v) is 24.9. The Balaban J connectivity index is 2.14. The minimum absolute atomic E-state index is 0.0492. The molecular formula is C23H34FNO7S2Si2. The SMILES string of the molecule is C[Si](C)(C)OC[C@H]1O[C@H](N(S(=O)(=O)c2ccccc2)S(=O)(=O)c2ccccc2)C(F)C1O[Si](C)(C)C. The Kier molecular flexibility index (Phi) is 8.67. The molecule has 200 valence electrons. The summed E-state index contributed by atoms with van der Waals surface area (Å²) in [5.41, 5.74) is 0. The average Bonchev–Trinajstić information content (AvgIpc) is 3.06. The normalized spacial score (nSPS) is 23.8. The first-order chi connectivity index (χ1) is 16.5. The van der Waals surface area contributed by atoms with Crippen molar-refractivity contribution in [3.05, 3.63) is 60.7 Å². The van der Waals surface area contributed by atoms with E-state index in [4.69, 9.17) is 13.6 Å². The van der Waals surface area contributed by atoms with Gasteiger partial charge in [-0.1, -0.05) is 40.1 Å². The maximum atomic E-state index is 16.2. The number of hydrogen-bond acceptors (Lipinski definition) is 7. The molecule has 3 rings (SSSR count). The van der Waals surface area contributed by atoms with Crippen LogP contribution in [0.25, 0.3) is 0 Å². The van der Waals surface area contributed by atoms with Crippen LogP contribution in [0, 0.1) is 0 Å². The molecular weight excluding hydrogens is 542 g/mol. The van der Waals surface area contributed by atoms with Crippen LogP contribution in [0.5, 0.6) is 0 Å². The third kappa shape index (κ3) is 6.70. The first-order valence-corrected chi connectivity index (χ1v) is 21.2. The third-order valence-electron chi connectivity index (χ3n) is 5.20. The highest BCUT2D eigenvalue weighted by Crippen LogP contribution is 2.37. The van der Waals surface area contributed by atoms with E-state index in [1.54, 1.807) is 12.1 Å². The second kappa shape index (κ2) is 10.7. The van der Waals surface area contributed by atoms with E-state index >= 15 is 4.39 Å². The summed E-state index contributed by atoms with van der Waals surface area (Å²) < 4.78 is 89.2. The number of alkyl halides is 1. The molecule has 36 heavy (non-hydrogen) atoms. The fourth-order valence-corrected chi connectivity index (χ4v) is 9.28. The minimum atomic E-state index is -4.75. The Morgan fingerprint density at radius 3 is 1.64 bits per heavy atom. The largest absolute Gasteiger partial charge is 0.415 e. The van der Waals surface area contributed by atoms with E-state index in [9.17, 15) is 16.8 Å². The molecule has 2 aromatic rings. The molecule has 4 atom stereocenters. The maximum Gasteiger partial charge on any atom is 0.258 e. The summed E-state index contributed by atoms with van der Waals surface area (Å²) in [5, 5.41) is 0. The number of hydrogen-bond donors (Lipinski definition) is 0. The van der Waals surface area contributed by atoms with Crippen molar-refractivity contribution in [2.45, 2.75) is 73.7 Å². The van der Waals surface area contributed by atoms with Crippen LogP contribution in [0.4, 0.5) is 4.39 Å². The lowest BCUT2D eigenvalue weighted by molar-refractivity contribution is -0.0361. The summed E-state index contributed by atoms with van der Waals surface area (Å²) in [6.45, 7) is 11.4. The van der Waals surface area contributed by atoms with Gasteiger partial charge in [0.25, 0.3) is 20.0 Å². The zero-order chi connectivity index (χ0) is 26.9. The van der Waals surface area contributed by atoms with Gasteiger partial charge in [-0.15, -0.1) is 0 Å². The summed E-state index contributed by atoms with van der Waals surface area (Å²) in [6, 6.07) is 14.1. The van der Waals surface area contributed by atoms with Gasteiger partial charge in [0.15, 0.2) is 29.0 Å². The van der Waals surface area contributed by atoms with Crippen LogP contribution >= 0.6 is 0 Å². The van der Waals surface area contributed by atoms with Crippen LogP contribution < -0.4 is 0 Å². The summed E-state index contributed by atoms with van der Waals surface area (Å²) >= 11 is 0. The third-order valence-corrected chi connectivity index (χ3v) is 11.5. The quantitative estimate of drug-likeness (QED) is 0.392. The second-order valence-corrected chi connectivity index (χ2v) is 23.3. The predicted octanol–water partition coefficient (Wildman–Crippen LogP) is 4.20. The molecule has 0 N–H and O–H groups in total. The van der Waals surface area contributed by atoms with Crippen LogP contribution in [0.15, 0.2) is 70.5 Å². The monoisotopic (exact) mass is 575 g/mol. The lowest BCUT2D eigenvalue weighted by atomic mass is 10.1. The van der Waals surface area contributed by atoms with Crippen molar-refractivity contribution in [3.63, 3.8) is 0 Å². The molecule has 0 aromatic heterocycles. The van der Waals surface area contributed by atoms with Crippen LogP contribution in [-0.4, -0.2) is 68.4 Å². The topological polar surface area (TPSA) is 99.2 Å². The minimum Gasteiger partial charge on any atom is -0.415 e. The standard InChI is InChI=1S/C23H34FNO7S2Si2/c1-35(2,3)30-17-20-22(32-36(4,5)6)21(24)23(31-20)25(33(26,27)18-13-9-7-10-14-18)34(28,29)19-15-11-8-12-16-19/h7-16,20-23H,17H2,1-6H3/t20-,21?,22?,23+/m1/s1. The summed E-state index contributed by atoms with van der Waals surface area (Å²) in [7, 11) is -13.9. The highest BCUT2D eigenvalue weighted by molar-refractivity contribution is 8.04. The Labute approximate surface area is 215 Å². The van der Waals surface area contributed by atoms with Gasteiger partial charge >= 0.3 is 0 Å². The molecule has 2 aromatic carbocycles. The highest BCUT2D eigenvalue weighted by Gasteiger charge is 2.56. The lowest BCUT2D eigenvalue weighted by Gasteiger charge is -2.29. The number of halogens is 1. The van der Waals surface area contributed by atoms with E-state index in [0.29, 0.717) is 0 Å². The van der Waals surface area contributed by atoms with Crippen molar-refractivity contribution in [1.82, 2.24) is 3.71 Å². The van der Waals surface area contributed by atoms with Crippen molar-refractivity contribution in [2.24, 2.45) is 0 Å². The van der Waals surface area contributed by atoms with Crippen LogP contribution in [0.3, 0.4) is 0 Å². The Hall–Kier alpha value is -1.46. The van der Waals surface area contributed by atoms with E-state index in [1.165, 1.54) is 48.5 Å². The molecule has 13 heteroatoms. The first kappa shape index (κ1) is 29.1. The molecule has 0 amide bonds. The molecule has 1 aliphatic rings. The zero-order valence-electron chi connectivity index (χ0n) is 21.3. The number of sulfonamides is 2. The van der Waals surface area contributed by atoms with Gasteiger partial charge < -0.3 is 13.6 Å². The molecule has 0 aliphatic carbocycles. The number of ether oxygens (including phenoxy) is 1. The van der Waals surface area contributed by atoms with Gasteiger partial charge in [0.1, 0.15) is 12.2 Å². The first-order valence-electron chi connectivity index (χ1n) is 11.6. The number of rotatable bonds is 10. The lowest BCUT2D eigenvalue weighted by Crippen LogP contribution is -2.50. The van der Waals surface area contributed by atoms with E-state index < -0.39 is 61.3 Å². The Morgan fingerprint density at radius 1 is 0.806 bits per heavy atom. The van der Waals surface area contributed by atoms with Crippen molar-refractivity contribution >= 4 is 36.7 Å². The van der Waals surface area contributed by atoms with Gasteiger partial charge in [-0.2, -0.15) is 0 Å². The Morgan fingerprint density at radius 2 is 1.25 bits per heavy atom. The predicted molar refractivity (Wildman–Crippen MR) is 140 cm³/mol. The van der Waals surface area contributed by atoms with Crippen molar-refractivity contribution in [3.8, 4) is 0 Å².